The Morgan fingerprint density at radius 1 is 0.481 bits per heavy atom. The van der Waals surface area contributed by atoms with Crippen molar-refractivity contribution in [2.24, 2.45) is 23.7 Å². The second kappa shape index (κ2) is 11.0. The lowest BCUT2D eigenvalue weighted by atomic mass is 9.43. The van der Waals surface area contributed by atoms with Gasteiger partial charge in [0.25, 0.3) is 0 Å². The molecule has 0 unspecified atom stereocenters. The van der Waals surface area contributed by atoms with E-state index in [1.54, 1.807) is 22.3 Å². The third kappa shape index (κ3) is 3.86. The van der Waals surface area contributed by atoms with E-state index in [0.29, 0.717) is 11.8 Å². The summed E-state index contributed by atoms with van der Waals surface area (Å²) in [5, 5.41) is 2.73. The van der Waals surface area contributed by atoms with Crippen molar-refractivity contribution in [1.82, 2.24) is 0 Å². The lowest BCUT2D eigenvalue weighted by Crippen LogP contribution is -2.55. The van der Waals surface area contributed by atoms with Crippen LogP contribution in [0.2, 0.25) is 0 Å². The van der Waals surface area contributed by atoms with Crippen molar-refractivity contribution < 1.29 is 0 Å². The first kappa shape index (κ1) is 30.6. The van der Waals surface area contributed by atoms with Crippen molar-refractivity contribution in [3.63, 3.8) is 0 Å². The monoisotopic (exact) mass is 715 g/mol. The van der Waals surface area contributed by atoms with Crippen molar-refractivity contribution in [3.05, 3.63) is 150 Å². The van der Waals surface area contributed by atoms with E-state index in [1.165, 1.54) is 124 Å². The standard InChI is InChI=1S/C52H45NS/c1-8-23-51(24-9-1)44-15-5-2-12-39(44)43-30-36(20-22-45(43)51)53(37-19-21-41-40-13-4-7-18-48(40)54-49(41)31-37)47-17-10-14-42-38-11-3-6-16-46(38)52(50(42)47)34-26-32-25-33(28-34)29-35(52)27-32/h2-7,10-22,30-35H,1,8-9,23-29H2. The first-order valence-corrected chi connectivity index (χ1v) is 21.7. The lowest BCUT2D eigenvalue weighted by Gasteiger charge is -2.61. The van der Waals surface area contributed by atoms with Crippen LogP contribution < -0.4 is 4.90 Å². The highest BCUT2D eigenvalue weighted by molar-refractivity contribution is 7.25. The molecule has 1 nitrogen and oxygen atoms in total. The van der Waals surface area contributed by atoms with Crippen LogP contribution in [0.15, 0.2) is 127 Å². The summed E-state index contributed by atoms with van der Waals surface area (Å²) >= 11 is 1.94. The van der Waals surface area contributed by atoms with Gasteiger partial charge in [-0.2, -0.15) is 0 Å². The minimum atomic E-state index is 0.0748. The molecular weight excluding hydrogens is 671 g/mol. The van der Waals surface area contributed by atoms with Gasteiger partial charge in [0.1, 0.15) is 0 Å². The quantitative estimate of drug-likeness (QED) is 0.176. The summed E-state index contributed by atoms with van der Waals surface area (Å²) in [5.74, 6) is 3.25. The molecular formula is C52H45NS. The topological polar surface area (TPSA) is 3.24 Å². The van der Waals surface area contributed by atoms with Gasteiger partial charge in [-0.05, 0) is 150 Å². The summed E-state index contributed by atoms with van der Waals surface area (Å²) in [5.41, 5.74) is 16.5. The molecule has 5 fully saturated rings. The third-order valence-corrected chi connectivity index (χ3v) is 16.8. The molecule has 7 aliphatic rings. The zero-order valence-corrected chi connectivity index (χ0v) is 31.7. The number of hydrogen-bond donors (Lipinski definition) is 0. The molecule has 0 aliphatic heterocycles. The predicted molar refractivity (Wildman–Crippen MR) is 227 cm³/mol. The Hall–Kier alpha value is -4.66. The van der Waals surface area contributed by atoms with Crippen molar-refractivity contribution in [1.29, 1.82) is 0 Å². The van der Waals surface area contributed by atoms with E-state index < -0.39 is 0 Å². The molecule has 0 N–H and O–H groups in total. The molecule has 7 aliphatic carbocycles. The van der Waals surface area contributed by atoms with Crippen LogP contribution in [0.3, 0.4) is 0 Å². The molecule has 5 saturated carbocycles. The largest absolute Gasteiger partial charge is 0.310 e. The predicted octanol–water partition coefficient (Wildman–Crippen LogP) is 14.5. The molecule has 54 heavy (non-hydrogen) atoms. The smallest absolute Gasteiger partial charge is 0.0509 e. The number of fused-ring (bicyclic) bond motifs is 11. The van der Waals surface area contributed by atoms with Crippen molar-refractivity contribution in [3.8, 4) is 22.3 Å². The van der Waals surface area contributed by atoms with Gasteiger partial charge in [0.05, 0.1) is 5.69 Å². The molecule has 0 amide bonds. The molecule has 0 saturated heterocycles. The summed E-state index contributed by atoms with van der Waals surface area (Å²) in [6.45, 7) is 0. The number of rotatable bonds is 3. The summed E-state index contributed by atoms with van der Waals surface area (Å²) in [6, 6.07) is 50.3. The van der Waals surface area contributed by atoms with Gasteiger partial charge < -0.3 is 4.90 Å². The second-order valence-corrected chi connectivity index (χ2v) is 19.0. The van der Waals surface area contributed by atoms with Crippen LogP contribution in [0.5, 0.6) is 0 Å². The van der Waals surface area contributed by atoms with E-state index in [9.17, 15) is 0 Å². The Kier molecular flexibility index (Phi) is 6.23. The maximum atomic E-state index is 2.70. The van der Waals surface area contributed by atoms with Crippen LogP contribution in [0.1, 0.15) is 86.5 Å². The molecule has 4 bridgehead atoms. The van der Waals surface area contributed by atoms with Crippen LogP contribution in [0.25, 0.3) is 42.4 Å². The molecule has 2 heteroatoms. The molecule has 0 atom stereocenters. The Balaban J connectivity index is 1.08. The molecule has 264 valence electrons. The normalized spacial score (nSPS) is 26.4. The fraction of sp³-hybridized carbons (Fsp3) is 0.308. The summed E-state index contributed by atoms with van der Waals surface area (Å²) in [7, 11) is 0. The first-order valence-electron chi connectivity index (χ1n) is 20.9. The zero-order chi connectivity index (χ0) is 35.2. The molecule has 0 radical (unpaired) electrons. The third-order valence-electron chi connectivity index (χ3n) is 15.6. The summed E-state index contributed by atoms with van der Waals surface area (Å²) in [4.78, 5) is 2.70. The van der Waals surface area contributed by atoms with Gasteiger partial charge in [0, 0.05) is 42.4 Å². The number of benzene rings is 6. The van der Waals surface area contributed by atoms with Crippen LogP contribution in [0.4, 0.5) is 17.1 Å². The molecule has 6 aromatic carbocycles. The van der Waals surface area contributed by atoms with E-state index in [2.05, 4.69) is 132 Å². The van der Waals surface area contributed by atoms with Gasteiger partial charge in [0.15, 0.2) is 0 Å². The van der Waals surface area contributed by atoms with Gasteiger partial charge in [-0.15, -0.1) is 11.3 Å². The SMILES string of the molecule is c1ccc2c(c1)-c1cc(N(c3ccc4c(c3)sc3ccccc34)c3cccc4c3C3(c5ccccc5-4)C4CC5CC(C4)CC3C5)ccc1C21CCCCC1. The van der Waals surface area contributed by atoms with E-state index in [0.717, 1.165) is 11.8 Å². The molecule has 1 heterocycles. The Morgan fingerprint density at radius 2 is 1.11 bits per heavy atom. The highest BCUT2D eigenvalue weighted by Crippen LogP contribution is 2.71. The first-order chi connectivity index (χ1) is 26.7. The minimum Gasteiger partial charge on any atom is -0.310 e. The van der Waals surface area contributed by atoms with E-state index >= 15 is 0 Å². The highest BCUT2D eigenvalue weighted by atomic mass is 32.1. The average molecular weight is 716 g/mol. The van der Waals surface area contributed by atoms with Crippen LogP contribution in [-0.4, -0.2) is 0 Å². The molecule has 1 aromatic heterocycles. The van der Waals surface area contributed by atoms with Gasteiger partial charge >= 0.3 is 0 Å². The van der Waals surface area contributed by atoms with Gasteiger partial charge in [-0.3, -0.25) is 0 Å². The number of hydrogen-bond acceptors (Lipinski definition) is 2. The van der Waals surface area contributed by atoms with Crippen LogP contribution in [-0.2, 0) is 10.8 Å². The Morgan fingerprint density at radius 3 is 1.93 bits per heavy atom. The molecule has 7 aromatic rings. The second-order valence-electron chi connectivity index (χ2n) is 18.0. The van der Waals surface area contributed by atoms with E-state index in [4.69, 9.17) is 0 Å². The zero-order valence-electron chi connectivity index (χ0n) is 30.9. The fourth-order valence-electron chi connectivity index (χ4n) is 13.9. The van der Waals surface area contributed by atoms with Gasteiger partial charge in [-0.25, -0.2) is 0 Å². The highest BCUT2D eigenvalue weighted by Gasteiger charge is 2.62. The van der Waals surface area contributed by atoms with E-state index in [-0.39, 0.29) is 10.8 Å². The average Bonchev–Trinajstić information content (AvgIpc) is 3.82. The van der Waals surface area contributed by atoms with Crippen molar-refractivity contribution >= 4 is 48.6 Å². The van der Waals surface area contributed by atoms with E-state index in [1.807, 2.05) is 11.3 Å². The molecule has 14 rings (SSSR count). The molecule has 2 spiro atoms. The van der Waals surface area contributed by atoms with Gasteiger partial charge in [0.2, 0.25) is 0 Å². The van der Waals surface area contributed by atoms with Gasteiger partial charge in [-0.1, -0.05) is 110 Å². The lowest BCUT2D eigenvalue weighted by molar-refractivity contribution is -0.0397. The fourth-order valence-corrected chi connectivity index (χ4v) is 15.1. The van der Waals surface area contributed by atoms with Crippen LogP contribution in [0, 0.1) is 23.7 Å². The maximum Gasteiger partial charge on any atom is 0.0509 e. The summed E-state index contributed by atoms with van der Waals surface area (Å²) < 4.78 is 2.73. The maximum absolute atomic E-state index is 2.70. The minimum absolute atomic E-state index is 0.0748. The number of nitrogens with zero attached hydrogens (tertiary/aromatic N) is 1. The van der Waals surface area contributed by atoms with Crippen molar-refractivity contribution in [2.45, 2.75) is 75.0 Å². The number of anilines is 3. The Labute approximate surface area is 322 Å². The number of thiophene rings is 1. The Bertz CT molecular complexity index is 2660. The summed E-state index contributed by atoms with van der Waals surface area (Å²) in [6.07, 6.45) is 13.6. The van der Waals surface area contributed by atoms with Crippen molar-refractivity contribution in [2.75, 3.05) is 4.90 Å². The van der Waals surface area contributed by atoms with Crippen LogP contribution >= 0.6 is 11.3 Å².